The lowest BCUT2D eigenvalue weighted by Gasteiger charge is -2.11. The molecular weight excluding hydrogens is 178 g/mol. The molecule has 0 unspecified atom stereocenters. The van der Waals surface area contributed by atoms with E-state index in [0.29, 0.717) is 0 Å². The van der Waals surface area contributed by atoms with E-state index >= 15 is 0 Å². The maximum Gasteiger partial charge on any atom is 0.269 e. The van der Waals surface area contributed by atoms with Crippen LogP contribution in [0, 0.1) is 10.1 Å². The highest BCUT2D eigenvalue weighted by molar-refractivity contribution is 5.40. The number of rotatable bonds is 3. The van der Waals surface area contributed by atoms with Crippen LogP contribution in [0.1, 0.15) is 31.7 Å². The summed E-state index contributed by atoms with van der Waals surface area (Å²) in [5, 5.41) is 10.6. The topological polar surface area (TPSA) is 43.1 Å². The third-order valence-corrected chi connectivity index (χ3v) is 3.20. The van der Waals surface area contributed by atoms with E-state index in [1.54, 1.807) is 18.2 Å². The van der Waals surface area contributed by atoms with E-state index in [-0.39, 0.29) is 16.0 Å². The molecular formula is C11H13NO2. The van der Waals surface area contributed by atoms with Gasteiger partial charge in [0.15, 0.2) is 0 Å². The standard InChI is InChI=1S/C11H13NO2/c1-2-11(6-7-11)9-4-3-5-10(8-9)12(13)14/h3-5,8H,2,6-7H2,1H3. The largest absolute Gasteiger partial charge is 0.269 e. The van der Waals surface area contributed by atoms with Crippen LogP contribution in [0.3, 0.4) is 0 Å². The summed E-state index contributed by atoms with van der Waals surface area (Å²) in [5.41, 5.74) is 1.60. The van der Waals surface area contributed by atoms with E-state index in [0.717, 1.165) is 12.0 Å². The zero-order valence-electron chi connectivity index (χ0n) is 8.19. The molecule has 0 N–H and O–H groups in total. The Morgan fingerprint density at radius 2 is 2.21 bits per heavy atom. The van der Waals surface area contributed by atoms with Gasteiger partial charge in [0.25, 0.3) is 5.69 Å². The Morgan fingerprint density at radius 3 is 2.71 bits per heavy atom. The van der Waals surface area contributed by atoms with Crippen LogP contribution in [-0.2, 0) is 5.41 Å². The summed E-state index contributed by atoms with van der Waals surface area (Å²) in [6.45, 7) is 2.14. The van der Waals surface area contributed by atoms with Crippen molar-refractivity contribution in [3.05, 3.63) is 39.9 Å². The van der Waals surface area contributed by atoms with Crippen LogP contribution in [0.2, 0.25) is 0 Å². The summed E-state index contributed by atoms with van der Waals surface area (Å²) in [7, 11) is 0. The molecule has 0 amide bonds. The van der Waals surface area contributed by atoms with Gasteiger partial charge in [0.05, 0.1) is 4.92 Å². The van der Waals surface area contributed by atoms with Crippen LogP contribution >= 0.6 is 0 Å². The molecule has 2 rings (SSSR count). The molecule has 14 heavy (non-hydrogen) atoms. The van der Waals surface area contributed by atoms with Gasteiger partial charge in [-0.1, -0.05) is 19.1 Å². The van der Waals surface area contributed by atoms with E-state index in [9.17, 15) is 10.1 Å². The van der Waals surface area contributed by atoms with Gasteiger partial charge in [0, 0.05) is 12.1 Å². The van der Waals surface area contributed by atoms with E-state index in [4.69, 9.17) is 0 Å². The minimum absolute atomic E-state index is 0.210. The normalized spacial score (nSPS) is 17.8. The lowest BCUT2D eigenvalue weighted by atomic mass is 9.93. The zero-order chi connectivity index (χ0) is 10.2. The molecule has 74 valence electrons. The second-order valence-electron chi connectivity index (χ2n) is 3.94. The lowest BCUT2D eigenvalue weighted by molar-refractivity contribution is -0.384. The predicted molar refractivity (Wildman–Crippen MR) is 54.3 cm³/mol. The first-order valence-electron chi connectivity index (χ1n) is 4.93. The highest BCUT2D eigenvalue weighted by atomic mass is 16.6. The molecule has 1 aliphatic rings. The average molecular weight is 191 g/mol. The van der Waals surface area contributed by atoms with Crippen molar-refractivity contribution < 1.29 is 4.92 Å². The van der Waals surface area contributed by atoms with Crippen molar-refractivity contribution in [1.29, 1.82) is 0 Å². The first-order chi connectivity index (χ1) is 6.68. The quantitative estimate of drug-likeness (QED) is 0.544. The van der Waals surface area contributed by atoms with Crippen LogP contribution in [-0.4, -0.2) is 4.92 Å². The minimum atomic E-state index is -0.324. The number of hydrogen-bond donors (Lipinski definition) is 0. The fourth-order valence-corrected chi connectivity index (χ4v) is 1.95. The Hall–Kier alpha value is -1.38. The van der Waals surface area contributed by atoms with Crippen molar-refractivity contribution >= 4 is 5.69 Å². The molecule has 1 saturated carbocycles. The molecule has 0 saturated heterocycles. The molecule has 0 aromatic heterocycles. The molecule has 0 aliphatic heterocycles. The fraction of sp³-hybridized carbons (Fsp3) is 0.455. The number of hydrogen-bond acceptors (Lipinski definition) is 2. The van der Waals surface area contributed by atoms with Gasteiger partial charge in [0.1, 0.15) is 0 Å². The second kappa shape index (κ2) is 3.08. The molecule has 3 nitrogen and oxygen atoms in total. The maximum atomic E-state index is 10.6. The van der Waals surface area contributed by atoms with Crippen LogP contribution < -0.4 is 0 Å². The van der Waals surface area contributed by atoms with Gasteiger partial charge in [-0.05, 0) is 30.2 Å². The van der Waals surface area contributed by atoms with Gasteiger partial charge in [-0.3, -0.25) is 10.1 Å². The van der Waals surface area contributed by atoms with E-state index in [2.05, 4.69) is 6.92 Å². The Bertz CT molecular complexity index is 369. The van der Waals surface area contributed by atoms with Gasteiger partial charge < -0.3 is 0 Å². The third-order valence-electron chi connectivity index (χ3n) is 3.20. The van der Waals surface area contributed by atoms with E-state index in [1.165, 1.54) is 12.8 Å². The van der Waals surface area contributed by atoms with Crippen LogP contribution in [0.15, 0.2) is 24.3 Å². The Morgan fingerprint density at radius 1 is 1.50 bits per heavy atom. The molecule has 1 aromatic rings. The second-order valence-corrected chi connectivity index (χ2v) is 3.94. The molecule has 1 aliphatic carbocycles. The Balaban J connectivity index is 2.36. The molecule has 0 heterocycles. The monoisotopic (exact) mass is 191 g/mol. The highest BCUT2D eigenvalue weighted by Crippen LogP contribution is 2.51. The van der Waals surface area contributed by atoms with Crippen molar-refractivity contribution in [2.24, 2.45) is 0 Å². The molecule has 1 aromatic carbocycles. The van der Waals surface area contributed by atoms with Crippen molar-refractivity contribution in [2.45, 2.75) is 31.6 Å². The number of benzene rings is 1. The third kappa shape index (κ3) is 1.39. The summed E-state index contributed by atoms with van der Waals surface area (Å²) < 4.78 is 0. The van der Waals surface area contributed by atoms with Crippen molar-refractivity contribution in [1.82, 2.24) is 0 Å². The van der Waals surface area contributed by atoms with Crippen LogP contribution in [0.5, 0.6) is 0 Å². The van der Waals surface area contributed by atoms with Crippen LogP contribution in [0.25, 0.3) is 0 Å². The van der Waals surface area contributed by atoms with Crippen molar-refractivity contribution in [2.75, 3.05) is 0 Å². The smallest absolute Gasteiger partial charge is 0.258 e. The van der Waals surface area contributed by atoms with Gasteiger partial charge in [0.2, 0.25) is 0 Å². The van der Waals surface area contributed by atoms with Gasteiger partial charge in [-0.2, -0.15) is 0 Å². The SMILES string of the molecule is CCC1(c2cccc([N+](=O)[O-])c2)CC1. The molecule has 3 heteroatoms. The molecule has 1 fully saturated rings. The lowest BCUT2D eigenvalue weighted by Crippen LogP contribution is -2.04. The maximum absolute atomic E-state index is 10.6. The predicted octanol–water partition coefficient (Wildman–Crippen LogP) is 3.04. The number of nitro groups is 1. The first-order valence-corrected chi connectivity index (χ1v) is 4.93. The molecule has 0 bridgehead atoms. The molecule has 0 spiro atoms. The summed E-state index contributed by atoms with van der Waals surface area (Å²) in [6, 6.07) is 7.05. The fourth-order valence-electron chi connectivity index (χ4n) is 1.95. The Labute approximate surface area is 82.9 Å². The van der Waals surface area contributed by atoms with E-state index in [1.807, 2.05) is 6.07 Å². The number of non-ortho nitro benzene ring substituents is 1. The minimum Gasteiger partial charge on any atom is -0.258 e. The number of nitrogens with zero attached hydrogens (tertiary/aromatic N) is 1. The highest BCUT2D eigenvalue weighted by Gasteiger charge is 2.42. The number of nitro benzene ring substituents is 1. The first kappa shape index (κ1) is 9.19. The van der Waals surface area contributed by atoms with Gasteiger partial charge in [-0.15, -0.1) is 0 Å². The van der Waals surface area contributed by atoms with Crippen molar-refractivity contribution in [3.8, 4) is 0 Å². The summed E-state index contributed by atoms with van der Waals surface area (Å²) in [5.74, 6) is 0. The zero-order valence-corrected chi connectivity index (χ0v) is 8.19. The van der Waals surface area contributed by atoms with Crippen molar-refractivity contribution in [3.63, 3.8) is 0 Å². The average Bonchev–Trinajstić information content (AvgIpc) is 2.98. The van der Waals surface area contributed by atoms with Gasteiger partial charge in [-0.25, -0.2) is 0 Å². The molecule has 0 radical (unpaired) electrons. The summed E-state index contributed by atoms with van der Waals surface area (Å²) in [4.78, 5) is 10.3. The summed E-state index contributed by atoms with van der Waals surface area (Å²) >= 11 is 0. The summed E-state index contributed by atoms with van der Waals surface area (Å²) in [6.07, 6.45) is 3.42. The van der Waals surface area contributed by atoms with Gasteiger partial charge >= 0.3 is 0 Å². The van der Waals surface area contributed by atoms with Crippen LogP contribution in [0.4, 0.5) is 5.69 Å². The molecule has 0 atom stereocenters. The Kier molecular flexibility index (Phi) is 2.02. The van der Waals surface area contributed by atoms with E-state index < -0.39 is 0 Å².